The van der Waals surface area contributed by atoms with E-state index in [1.54, 1.807) is 0 Å². The molecule has 1 fully saturated rings. The Balaban J connectivity index is 1.74. The van der Waals surface area contributed by atoms with Gasteiger partial charge in [0.15, 0.2) is 6.61 Å². The lowest BCUT2D eigenvalue weighted by molar-refractivity contribution is -0.130. The zero-order valence-electron chi connectivity index (χ0n) is 12.7. The maximum absolute atomic E-state index is 11.5. The lowest BCUT2D eigenvalue weighted by Gasteiger charge is -2.19. The van der Waals surface area contributed by atoms with Gasteiger partial charge in [0, 0.05) is 5.92 Å². The summed E-state index contributed by atoms with van der Waals surface area (Å²) in [5.74, 6) is 0.199. The first-order chi connectivity index (χ1) is 9.86. The topological polar surface area (TPSA) is 67.4 Å². The first kappa shape index (κ1) is 15.4. The van der Waals surface area contributed by atoms with Gasteiger partial charge in [0.1, 0.15) is 5.75 Å². The summed E-state index contributed by atoms with van der Waals surface area (Å²) in [5.41, 5.74) is 6.03. The Kier molecular flexibility index (Phi) is 4.50. The molecule has 5 heteroatoms. The van der Waals surface area contributed by atoms with Crippen LogP contribution in [-0.4, -0.2) is 18.4 Å². The van der Waals surface area contributed by atoms with Gasteiger partial charge in [0.05, 0.1) is 0 Å². The number of rotatable bonds is 4. The molecule has 0 saturated heterocycles. The minimum absolute atomic E-state index is 0.0659. The Morgan fingerprint density at radius 3 is 2.29 bits per heavy atom. The number of carbonyl (C=O) groups excluding carboxylic acids is 2. The molecule has 0 radical (unpaired) electrons. The molecule has 2 N–H and O–H groups in total. The molecule has 5 nitrogen and oxygen atoms in total. The van der Waals surface area contributed by atoms with E-state index in [4.69, 9.17) is 4.74 Å². The molecule has 1 aromatic rings. The Morgan fingerprint density at radius 2 is 1.76 bits per heavy atom. The molecule has 0 spiro atoms. The second-order valence-corrected chi connectivity index (χ2v) is 6.37. The normalized spacial score (nSPS) is 14.4. The molecule has 2 rings (SSSR count). The van der Waals surface area contributed by atoms with Crippen LogP contribution in [0.5, 0.6) is 5.75 Å². The number of hydrogen-bond donors (Lipinski definition) is 2. The number of nitrogens with one attached hydrogen (secondary N) is 2. The van der Waals surface area contributed by atoms with Gasteiger partial charge in [-0.3, -0.25) is 20.4 Å². The van der Waals surface area contributed by atoms with Crippen molar-refractivity contribution >= 4 is 11.8 Å². The largest absolute Gasteiger partial charge is 0.484 e. The first-order valence-corrected chi connectivity index (χ1v) is 7.18. The first-order valence-electron chi connectivity index (χ1n) is 7.18. The third kappa shape index (κ3) is 4.77. The minimum Gasteiger partial charge on any atom is -0.484 e. The van der Waals surface area contributed by atoms with E-state index in [1.807, 2.05) is 24.3 Å². The van der Waals surface area contributed by atoms with E-state index < -0.39 is 0 Å². The summed E-state index contributed by atoms with van der Waals surface area (Å²) in [7, 11) is 0. The molecule has 1 aromatic carbocycles. The van der Waals surface area contributed by atoms with Crippen molar-refractivity contribution in [1.82, 2.24) is 10.9 Å². The second-order valence-electron chi connectivity index (χ2n) is 6.37. The fourth-order valence-electron chi connectivity index (χ4n) is 1.82. The average molecular weight is 290 g/mol. The number of ether oxygens (including phenoxy) is 1. The molecule has 1 aliphatic rings. The van der Waals surface area contributed by atoms with Crippen LogP contribution >= 0.6 is 0 Å². The van der Waals surface area contributed by atoms with Crippen molar-refractivity contribution in [3.63, 3.8) is 0 Å². The van der Waals surface area contributed by atoms with Crippen LogP contribution in [0.2, 0.25) is 0 Å². The molecule has 0 aromatic heterocycles. The summed E-state index contributed by atoms with van der Waals surface area (Å²) in [4.78, 5) is 22.9. The smallest absolute Gasteiger partial charge is 0.276 e. The molecule has 0 heterocycles. The van der Waals surface area contributed by atoms with Crippen LogP contribution in [0.15, 0.2) is 24.3 Å². The van der Waals surface area contributed by atoms with Crippen LogP contribution in [0.25, 0.3) is 0 Å². The van der Waals surface area contributed by atoms with Gasteiger partial charge < -0.3 is 4.74 Å². The highest BCUT2D eigenvalue weighted by Crippen LogP contribution is 2.28. The summed E-state index contributed by atoms with van der Waals surface area (Å²) in [6.07, 6.45) is 1.80. The van der Waals surface area contributed by atoms with Crippen molar-refractivity contribution in [2.45, 2.75) is 39.0 Å². The van der Waals surface area contributed by atoms with Crippen molar-refractivity contribution in [1.29, 1.82) is 0 Å². The highest BCUT2D eigenvalue weighted by molar-refractivity contribution is 5.85. The van der Waals surface area contributed by atoms with Gasteiger partial charge in [0.2, 0.25) is 5.91 Å². The fourth-order valence-corrected chi connectivity index (χ4v) is 1.82. The Bertz CT molecular complexity index is 513. The van der Waals surface area contributed by atoms with Crippen molar-refractivity contribution in [2.24, 2.45) is 5.92 Å². The lowest BCUT2D eigenvalue weighted by atomic mass is 9.87. The standard InChI is InChI=1S/C16H22N2O3/c1-16(2,3)12-6-8-13(9-7-12)21-10-14(19)17-18-15(20)11-4-5-11/h6-9,11H,4-5,10H2,1-3H3,(H,17,19)(H,18,20). The van der Waals surface area contributed by atoms with E-state index in [0.717, 1.165) is 12.8 Å². The summed E-state index contributed by atoms with van der Waals surface area (Å²) in [6.45, 7) is 6.29. The molecule has 1 aliphatic carbocycles. The molecular weight excluding hydrogens is 268 g/mol. The Morgan fingerprint density at radius 1 is 1.14 bits per heavy atom. The maximum atomic E-state index is 11.5. The maximum Gasteiger partial charge on any atom is 0.276 e. The van der Waals surface area contributed by atoms with Crippen molar-refractivity contribution in [3.8, 4) is 5.75 Å². The lowest BCUT2D eigenvalue weighted by Crippen LogP contribution is -2.44. The van der Waals surface area contributed by atoms with Crippen LogP contribution in [0.4, 0.5) is 0 Å². The average Bonchev–Trinajstić information content (AvgIpc) is 3.26. The van der Waals surface area contributed by atoms with Crippen molar-refractivity contribution < 1.29 is 14.3 Å². The number of hydrazine groups is 1. The third-order valence-corrected chi connectivity index (χ3v) is 3.36. The number of amides is 2. The predicted octanol–water partition coefficient (Wildman–Crippen LogP) is 1.92. The third-order valence-electron chi connectivity index (χ3n) is 3.36. The quantitative estimate of drug-likeness (QED) is 0.833. The number of benzene rings is 1. The highest BCUT2D eigenvalue weighted by Gasteiger charge is 2.29. The van der Waals surface area contributed by atoms with E-state index in [9.17, 15) is 9.59 Å². The summed E-state index contributed by atoms with van der Waals surface area (Å²) in [6, 6.07) is 7.66. The predicted molar refractivity (Wildman–Crippen MR) is 79.6 cm³/mol. The molecule has 21 heavy (non-hydrogen) atoms. The molecule has 0 atom stereocenters. The fraction of sp³-hybridized carbons (Fsp3) is 0.500. The summed E-state index contributed by atoms with van der Waals surface area (Å²) in [5, 5.41) is 0. The van der Waals surface area contributed by atoms with Crippen molar-refractivity contribution in [3.05, 3.63) is 29.8 Å². The van der Waals surface area contributed by atoms with E-state index in [-0.39, 0.29) is 29.8 Å². The van der Waals surface area contributed by atoms with E-state index in [0.29, 0.717) is 5.75 Å². The van der Waals surface area contributed by atoms with Gasteiger partial charge in [-0.05, 0) is 36.0 Å². The van der Waals surface area contributed by atoms with Crippen molar-refractivity contribution in [2.75, 3.05) is 6.61 Å². The molecule has 0 bridgehead atoms. The number of hydrogen-bond acceptors (Lipinski definition) is 3. The van der Waals surface area contributed by atoms with Crippen LogP contribution in [0.1, 0.15) is 39.2 Å². The van der Waals surface area contributed by atoms with Crippen LogP contribution < -0.4 is 15.6 Å². The summed E-state index contributed by atoms with van der Waals surface area (Å²) >= 11 is 0. The van der Waals surface area contributed by atoms with Gasteiger partial charge in [-0.15, -0.1) is 0 Å². The highest BCUT2D eigenvalue weighted by atomic mass is 16.5. The van der Waals surface area contributed by atoms with Gasteiger partial charge in [-0.2, -0.15) is 0 Å². The van der Waals surface area contributed by atoms with E-state index >= 15 is 0 Å². The van der Waals surface area contributed by atoms with Gasteiger partial charge in [-0.25, -0.2) is 0 Å². The number of carbonyl (C=O) groups is 2. The van der Waals surface area contributed by atoms with Gasteiger partial charge in [0.25, 0.3) is 5.91 Å². The zero-order valence-corrected chi connectivity index (χ0v) is 12.7. The summed E-state index contributed by atoms with van der Waals surface area (Å²) < 4.78 is 5.38. The molecule has 1 saturated carbocycles. The SMILES string of the molecule is CC(C)(C)c1ccc(OCC(=O)NNC(=O)C2CC2)cc1. The molecule has 114 valence electrons. The van der Waals surface area contributed by atoms with Gasteiger partial charge >= 0.3 is 0 Å². The monoisotopic (exact) mass is 290 g/mol. The second kappa shape index (κ2) is 6.16. The molecule has 2 amide bonds. The van der Waals surface area contributed by atoms with E-state index in [1.165, 1.54) is 5.56 Å². The zero-order chi connectivity index (χ0) is 15.5. The molecule has 0 unspecified atom stereocenters. The van der Waals surface area contributed by atoms with Crippen LogP contribution in [0, 0.1) is 5.92 Å². The Hall–Kier alpha value is -2.04. The van der Waals surface area contributed by atoms with Gasteiger partial charge in [-0.1, -0.05) is 32.9 Å². The minimum atomic E-state index is -0.371. The van der Waals surface area contributed by atoms with E-state index in [2.05, 4.69) is 31.6 Å². The molecular formula is C16H22N2O3. The molecule has 0 aliphatic heterocycles. The van der Waals surface area contributed by atoms with Crippen LogP contribution in [0.3, 0.4) is 0 Å². The van der Waals surface area contributed by atoms with Crippen LogP contribution in [-0.2, 0) is 15.0 Å². The Labute approximate surface area is 125 Å².